The SMILES string of the molecule is O=C(O)N1CCC(c2cccc(CC(c3ccccc3)c3ccc(O)cn3)c2)CC1. The molecule has 1 unspecified atom stereocenters. The van der Waals surface area contributed by atoms with Crippen LogP contribution in [0.1, 0.15) is 47.1 Å². The summed E-state index contributed by atoms with van der Waals surface area (Å²) in [7, 11) is 0. The van der Waals surface area contributed by atoms with E-state index in [1.165, 1.54) is 27.8 Å². The standard InChI is InChI=1S/C25H26N2O3/c28-22-9-10-24(26-17-22)23(20-6-2-1-3-7-20)16-18-5-4-8-21(15-18)19-11-13-27(14-12-19)25(29)30/h1-10,15,17,19,23,28H,11-14,16H2,(H,29,30). The van der Waals surface area contributed by atoms with Crippen LogP contribution in [-0.2, 0) is 6.42 Å². The molecular weight excluding hydrogens is 376 g/mol. The molecule has 0 radical (unpaired) electrons. The predicted molar refractivity (Wildman–Crippen MR) is 116 cm³/mol. The van der Waals surface area contributed by atoms with Gasteiger partial charge in [0.05, 0.1) is 6.20 Å². The van der Waals surface area contributed by atoms with Crippen LogP contribution in [0.2, 0.25) is 0 Å². The molecule has 1 atom stereocenters. The second kappa shape index (κ2) is 8.99. The Labute approximate surface area is 176 Å². The van der Waals surface area contributed by atoms with E-state index in [0.29, 0.717) is 19.0 Å². The Bertz CT molecular complexity index is 981. The Morgan fingerprint density at radius 1 is 1.03 bits per heavy atom. The molecule has 30 heavy (non-hydrogen) atoms. The van der Waals surface area contributed by atoms with Crippen molar-refractivity contribution in [1.29, 1.82) is 0 Å². The number of rotatable bonds is 5. The lowest BCUT2D eigenvalue weighted by atomic mass is 9.85. The highest BCUT2D eigenvalue weighted by molar-refractivity contribution is 5.65. The van der Waals surface area contributed by atoms with Crippen molar-refractivity contribution < 1.29 is 15.0 Å². The van der Waals surface area contributed by atoms with Crippen LogP contribution in [0.4, 0.5) is 4.79 Å². The lowest BCUT2D eigenvalue weighted by molar-refractivity contribution is 0.132. The molecule has 2 N–H and O–H groups in total. The monoisotopic (exact) mass is 402 g/mol. The predicted octanol–water partition coefficient (Wildman–Crippen LogP) is 5.02. The van der Waals surface area contributed by atoms with Crippen LogP contribution in [0.25, 0.3) is 0 Å². The Kier molecular flexibility index (Phi) is 5.98. The van der Waals surface area contributed by atoms with Crippen molar-refractivity contribution in [2.24, 2.45) is 0 Å². The van der Waals surface area contributed by atoms with E-state index in [1.807, 2.05) is 24.3 Å². The molecule has 1 aliphatic rings. The van der Waals surface area contributed by atoms with Gasteiger partial charge in [0.1, 0.15) is 5.75 Å². The maximum atomic E-state index is 11.2. The lowest BCUT2D eigenvalue weighted by Crippen LogP contribution is -2.36. The topological polar surface area (TPSA) is 73.7 Å². The van der Waals surface area contributed by atoms with E-state index in [1.54, 1.807) is 6.07 Å². The molecule has 2 heterocycles. The summed E-state index contributed by atoms with van der Waals surface area (Å²) in [5.41, 5.74) is 4.63. The summed E-state index contributed by atoms with van der Waals surface area (Å²) in [6.45, 7) is 1.18. The van der Waals surface area contributed by atoms with Crippen molar-refractivity contribution in [1.82, 2.24) is 9.88 Å². The molecule has 4 rings (SSSR count). The van der Waals surface area contributed by atoms with Gasteiger partial charge in [0, 0.05) is 24.7 Å². The smallest absolute Gasteiger partial charge is 0.407 e. The first-order valence-corrected chi connectivity index (χ1v) is 10.4. The number of nitrogens with zero attached hydrogens (tertiary/aromatic N) is 2. The van der Waals surface area contributed by atoms with Gasteiger partial charge in [-0.15, -0.1) is 0 Å². The Hall–Kier alpha value is -3.34. The molecule has 3 aromatic rings. The zero-order chi connectivity index (χ0) is 20.9. The van der Waals surface area contributed by atoms with Crippen LogP contribution < -0.4 is 0 Å². The zero-order valence-electron chi connectivity index (χ0n) is 16.8. The normalized spacial score (nSPS) is 15.7. The number of hydrogen-bond acceptors (Lipinski definition) is 3. The Balaban J connectivity index is 1.56. The van der Waals surface area contributed by atoms with E-state index >= 15 is 0 Å². The number of aromatic nitrogens is 1. The number of benzene rings is 2. The molecule has 0 aliphatic carbocycles. The van der Waals surface area contributed by atoms with Crippen molar-refractivity contribution in [3.63, 3.8) is 0 Å². The van der Waals surface area contributed by atoms with Gasteiger partial charge in [-0.1, -0.05) is 54.6 Å². The highest BCUT2D eigenvalue weighted by Gasteiger charge is 2.24. The number of hydrogen-bond donors (Lipinski definition) is 2. The fraction of sp³-hybridized carbons (Fsp3) is 0.280. The third kappa shape index (κ3) is 4.62. The quantitative estimate of drug-likeness (QED) is 0.628. The van der Waals surface area contributed by atoms with Gasteiger partial charge in [-0.3, -0.25) is 4.98 Å². The van der Waals surface area contributed by atoms with E-state index in [2.05, 4.69) is 41.4 Å². The average molecular weight is 402 g/mol. The number of piperidine rings is 1. The van der Waals surface area contributed by atoms with Crippen molar-refractivity contribution in [2.45, 2.75) is 31.1 Å². The molecule has 0 bridgehead atoms. The molecule has 154 valence electrons. The Morgan fingerprint density at radius 2 is 1.80 bits per heavy atom. The third-order valence-corrected chi connectivity index (χ3v) is 5.96. The summed E-state index contributed by atoms with van der Waals surface area (Å²) in [5, 5.41) is 18.8. The minimum absolute atomic E-state index is 0.0934. The van der Waals surface area contributed by atoms with Crippen LogP contribution >= 0.6 is 0 Å². The largest absolute Gasteiger partial charge is 0.506 e. The number of carboxylic acid groups (broad SMARTS) is 1. The highest BCUT2D eigenvalue weighted by Crippen LogP contribution is 2.32. The van der Waals surface area contributed by atoms with Crippen LogP contribution in [0.3, 0.4) is 0 Å². The Morgan fingerprint density at radius 3 is 2.47 bits per heavy atom. The van der Waals surface area contributed by atoms with Gasteiger partial charge in [-0.05, 0) is 54.0 Å². The molecule has 2 aromatic carbocycles. The van der Waals surface area contributed by atoms with Crippen molar-refractivity contribution in [3.05, 3.63) is 95.3 Å². The molecule has 1 fully saturated rings. The van der Waals surface area contributed by atoms with Gasteiger partial charge in [0.25, 0.3) is 0 Å². The van der Waals surface area contributed by atoms with Gasteiger partial charge >= 0.3 is 6.09 Å². The minimum Gasteiger partial charge on any atom is -0.506 e. The summed E-state index contributed by atoms with van der Waals surface area (Å²) >= 11 is 0. The molecule has 5 nitrogen and oxygen atoms in total. The molecule has 1 amide bonds. The number of aromatic hydroxyl groups is 1. The average Bonchev–Trinajstić information content (AvgIpc) is 2.79. The summed E-state index contributed by atoms with van der Waals surface area (Å²) in [6.07, 6.45) is 3.20. The molecular formula is C25H26N2O3. The third-order valence-electron chi connectivity index (χ3n) is 5.96. The second-order valence-corrected chi connectivity index (χ2v) is 7.90. The van der Waals surface area contributed by atoms with Crippen molar-refractivity contribution in [3.8, 4) is 5.75 Å². The van der Waals surface area contributed by atoms with Gasteiger partial charge in [-0.2, -0.15) is 0 Å². The first-order chi connectivity index (χ1) is 14.6. The van der Waals surface area contributed by atoms with Crippen molar-refractivity contribution in [2.75, 3.05) is 13.1 Å². The molecule has 1 saturated heterocycles. The summed E-state index contributed by atoms with van der Waals surface area (Å²) in [6, 6.07) is 22.5. The van der Waals surface area contributed by atoms with Gasteiger partial charge in [0.2, 0.25) is 0 Å². The summed E-state index contributed by atoms with van der Waals surface area (Å²) in [5.74, 6) is 0.652. The maximum absolute atomic E-state index is 11.2. The van der Waals surface area contributed by atoms with E-state index in [4.69, 9.17) is 0 Å². The number of carbonyl (C=O) groups is 1. The maximum Gasteiger partial charge on any atom is 0.407 e. The summed E-state index contributed by atoms with van der Waals surface area (Å²) < 4.78 is 0. The molecule has 0 saturated carbocycles. The van der Waals surface area contributed by atoms with E-state index in [-0.39, 0.29) is 11.7 Å². The van der Waals surface area contributed by atoms with Crippen LogP contribution in [-0.4, -0.2) is 39.3 Å². The van der Waals surface area contributed by atoms with Gasteiger partial charge in [-0.25, -0.2) is 4.79 Å². The molecule has 5 heteroatoms. The fourth-order valence-corrected chi connectivity index (χ4v) is 4.30. The number of likely N-dealkylation sites (tertiary alicyclic amines) is 1. The number of amides is 1. The van der Waals surface area contributed by atoms with Gasteiger partial charge < -0.3 is 15.1 Å². The molecule has 1 aliphatic heterocycles. The van der Waals surface area contributed by atoms with Crippen LogP contribution in [0, 0.1) is 0 Å². The first-order valence-electron chi connectivity index (χ1n) is 10.4. The van der Waals surface area contributed by atoms with Crippen LogP contribution in [0.15, 0.2) is 72.9 Å². The van der Waals surface area contributed by atoms with E-state index in [9.17, 15) is 15.0 Å². The fourth-order valence-electron chi connectivity index (χ4n) is 4.30. The zero-order valence-corrected chi connectivity index (χ0v) is 16.8. The van der Waals surface area contributed by atoms with Crippen molar-refractivity contribution >= 4 is 6.09 Å². The lowest BCUT2D eigenvalue weighted by Gasteiger charge is -2.30. The number of pyridine rings is 1. The second-order valence-electron chi connectivity index (χ2n) is 7.90. The van der Waals surface area contributed by atoms with Crippen LogP contribution in [0.5, 0.6) is 5.75 Å². The minimum atomic E-state index is -0.825. The van der Waals surface area contributed by atoms with Gasteiger partial charge in [0.15, 0.2) is 0 Å². The first kappa shape index (κ1) is 20.0. The van der Waals surface area contributed by atoms with E-state index < -0.39 is 6.09 Å². The van der Waals surface area contributed by atoms with E-state index in [0.717, 1.165) is 25.0 Å². The molecule has 0 spiro atoms. The summed E-state index contributed by atoms with van der Waals surface area (Å²) in [4.78, 5) is 17.1. The molecule has 1 aromatic heterocycles. The highest BCUT2D eigenvalue weighted by atomic mass is 16.4.